The van der Waals surface area contributed by atoms with E-state index >= 15 is 0 Å². The van der Waals surface area contributed by atoms with Crippen LogP contribution in [0.3, 0.4) is 0 Å². The van der Waals surface area contributed by atoms with Crippen molar-refractivity contribution in [3.05, 3.63) is 35.8 Å². The lowest BCUT2D eigenvalue weighted by atomic mass is 10.1. The molecule has 28 heavy (non-hydrogen) atoms. The number of carboxylic acid groups (broad SMARTS) is 1. The van der Waals surface area contributed by atoms with Gasteiger partial charge in [-0.3, -0.25) is 9.59 Å². The van der Waals surface area contributed by atoms with Gasteiger partial charge in [0, 0.05) is 19.4 Å². The molecule has 1 aromatic rings. The zero-order valence-electron chi connectivity index (χ0n) is 15.3. The molecular formula is C19H24F3NO5. The van der Waals surface area contributed by atoms with Crippen LogP contribution in [0.5, 0.6) is 0 Å². The van der Waals surface area contributed by atoms with Gasteiger partial charge in [-0.15, -0.1) is 0 Å². The fraction of sp³-hybridized carbons (Fsp3) is 0.579. The second-order valence-electron chi connectivity index (χ2n) is 6.78. The maximum Gasteiger partial charge on any atom is 0.449 e. The van der Waals surface area contributed by atoms with Crippen molar-refractivity contribution < 1.29 is 37.4 Å². The zero-order chi connectivity index (χ0) is 20.7. The summed E-state index contributed by atoms with van der Waals surface area (Å²) in [7, 11) is 0. The maximum absolute atomic E-state index is 12.6. The summed E-state index contributed by atoms with van der Waals surface area (Å²) >= 11 is 0. The van der Waals surface area contributed by atoms with E-state index in [4.69, 9.17) is 5.11 Å². The quantitative estimate of drug-likeness (QED) is 0.457. The SMILES string of the molecule is O=C(O)CCCCCCN1C(=O)CCC1C=C[C@@H](O)c1ccc(C(F)(F)F)o1. The average Bonchev–Trinajstić information content (AvgIpc) is 3.23. The molecule has 1 aliphatic rings. The van der Waals surface area contributed by atoms with Crippen molar-refractivity contribution in [2.75, 3.05) is 6.54 Å². The van der Waals surface area contributed by atoms with E-state index in [0.717, 1.165) is 31.4 Å². The largest absolute Gasteiger partial charge is 0.481 e. The predicted molar refractivity (Wildman–Crippen MR) is 93.3 cm³/mol. The van der Waals surface area contributed by atoms with Crippen LogP contribution in [0, 0.1) is 0 Å². The highest BCUT2D eigenvalue weighted by Crippen LogP contribution is 2.32. The highest BCUT2D eigenvalue weighted by molar-refractivity contribution is 5.79. The summed E-state index contributed by atoms with van der Waals surface area (Å²) in [4.78, 5) is 24.2. The number of carboxylic acids is 1. The van der Waals surface area contributed by atoms with Gasteiger partial charge in [0.05, 0.1) is 6.04 Å². The number of carbonyl (C=O) groups is 2. The molecule has 0 saturated carbocycles. The Bertz CT molecular complexity index is 698. The number of amides is 1. The van der Waals surface area contributed by atoms with Crippen LogP contribution in [-0.2, 0) is 15.8 Å². The van der Waals surface area contributed by atoms with Crippen molar-refractivity contribution in [1.82, 2.24) is 4.90 Å². The van der Waals surface area contributed by atoms with Gasteiger partial charge in [0.25, 0.3) is 0 Å². The first kappa shape index (κ1) is 22.0. The third-order valence-electron chi connectivity index (χ3n) is 4.63. The first-order valence-corrected chi connectivity index (χ1v) is 9.23. The van der Waals surface area contributed by atoms with Crippen molar-refractivity contribution in [2.24, 2.45) is 0 Å². The molecule has 1 fully saturated rings. The number of unbranched alkanes of at least 4 members (excludes halogenated alkanes) is 3. The summed E-state index contributed by atoms with van der Waals surface area (Å²) < 4.78 is 42.3. The lowest BCUT2D eigenvalue weighted by Gasteiger charge is -2.22. The van der Waals surface area contributed by atoms with Crippen LogP contribution < -0.4 is 0 Å². The predicted octanol–water partition coefficient (Wildman–Crippen LogP) is 3.91. The van der Waals surface area contributed by atoms with Crippen LogP contribution in [0.15, 0.2) is 28.7 Å². The molecule has 1 unspecified atom stereocenters. The third kappa shape index (κ3) is 6.40. The molecule has 0 bridgehead atoms. The number of alkyl halides is 3. The van der Waals surface area contributed by atoms with Crippen molar-refractivity contribution >= 4 is 11.9 Å². The maximum atomic E-state index is 12.6. The van der Waals surface area contributed by atoms with Crippen LogP contribution >= 0.6 is 0 Å². The molecule has 0 aromatic carbocycles. The number of aliphatic hydroxyl groups is 1. The molecule has 1 saturated heterocycles. The highest BCUT2D eigenvalue weighted by Gasteiger charge is 2.35. The number of hydrogen-bond donors (Lipinski definition) is 2. The van der Waals surface area contributed by atoms with Gasteiger partial charge in [-0.2, -0.15) is 13.2 Å². The Balaban J connectivity index is 1.84. The zero-order valence-corrected chi connectivity index (χ0v) is 15.3. The average molecular weight is 403 g/mol. The molecule has 0 radical (unpaired) electrons. The minimum atomic E-state index is -4.61. The summed E-state index contributed by atoms with van der Waals surface area (Å²) in [5, 5.41) is 18.6. The number of furan rings is 1. The summed E-state index contributed by atoms with van der Waals surface area (Å²) in [6.45, 7) is 0.524. The van der Waals surface area contributed by atoms with Crippen LogP contribution in [0.2, 0.25) is 0 Å². The van der Waals surface area contributed by atoms with E-state index in [1.165, 1.54) is 6.08 Å². The van der Waals surface area contributed by atoms with Crippen molar-refractivity contribution in [3.8, 4) is 0 Å². The fourth-order valence-electron chi connectivity index (χ4n) is 3.15. The smallest absolute Gasteiger partial charge is 0.449 e. The molecule has 2 heterocycles. The highest BCUT2D eigenvalue weighted by atomic mass is 19.4. The minimum Gasteiger partial charge on any atom is -0.481 e. The Labute approximate surface area is 160 Å². The van der Waals surface area contributed by atoms with E-state index in [2.05, 4.69) is 4.42 Å². The van der Waals surface area contributed by atoms with Gasteiger partial charge < -0.3 is 19.5 Å². The molecule has 1 aliphatic heterocycles. The molecule has 156 valence electrons. The van der Waals surface area contributed by atoms with Crippen molar-refractivity contribution in [1.29, 1.82) is 0 Å². The van der Waals surface area contributed by atoms with Gasteiger partial charge in [0.2, 0.25) is 11.7 Å². The summed E-state index contributed by atoms with van der Waals surface area (Å²) in [6.07, 6.45) is 1.03. The summed E-state index contributed by atoms with van der Waals surface area (Å²) in [5.74, 6) is -2.21. The van der Waals surface area contributed by atoms with Gasteiger partial charge >= 0.3 is 12.1 Å². The summed E-state index contributed by atoms with van der Waals surface area (Å²) in [6, 6.07) is 1.62. The van der Waals surface area contributed by atoms with E-state index in [0.29, 0.717) is 25.8 Å². The number of aliphatic hydroxyl groups excluding tert-OH is 1. The topological polar surface area (TPSA) is 91.0 Å². The van der Waals surface area contributed by atoms with Gasteiger partial charge in [-0.1, -0.05) is 25.0 Å². The number of likely N-dealkylation sites (tertiary alicyclic amines) is 1. The molecule has 1 amide bonds. The molecule has 0 aliphatic carbocycles. The van der Waals surface area contributed by atoms with Crippen LogP contribution in [0.4, 0.5) is 13.2 Å². The number of carbonyl (C=O) groups excluding carboxylic acids is 1. The number of hydrogen-bond acceptors (Lipinski definition) is 4. The van der Waals surface area contributed by atoms with E-state index in [-0.39, 0.29) is 24.1 Å². The molecular weight excluding hydrogens is 379 g/mol. The second kappa shape index (κ2) is 9.77. The minimum absolute atomic E-state index is 0.00738. The second-order valence-corrected chi connectivity index (χ2v) is 6.78. The van der Waals surface area contributed by atoms with Crippen LogP contribution in [0.25, 0.3) is 0 Å². The van der Waals surface area contributed by atoms with Crippen molar-refractivity contribution in [3.63, 3.8) is 0 Å². The fourth-order valence-corrected chi connectivity index (χ4v) is 3.15. The van der Waals surface area contributed by atoms with Crippen LogP contribution in [-0.4, -0.2) is 39.6 Å². The molecule has 9 heteroatoms. The van der Waals surface area contributed by atoms with Gasteiger partial charge in [0.15, 0.2) is 0 Å². The Morgan fingerprint density at radius 1 is 1.29 bits per heavy atom. The molecule has 6 nitrogen and oxygen atoms in total. The molecule has 0 spiro atoms. The first-order chi connectivity index (χ1) is 13.2. The van der Waals surface area contributed by atoms with Gasteiger partial charge in [0.1, 0.15) is 11.9 Å². The Hall–Kier alpha value is -2.29. The van der Waals surface area contributed by atoms with Crippen molar-refractivity contribution in [2.45, 2.75) is 63.3 Å². The third-order valence-corrected chi connectivity index (χ3v) is 4.63. The van der Waals surface area contributed by atoms with E-state index in [1.54, 1.807) is 11.0 Å². The number of nitrogens with zero attached hydrogens (tertiary/aromatic N) is 1. The molecule has 1 aromatic heterocycles. The van der Waals surface area contributed by atoms with E-state index in [9.17, 15) is 27.9 Å². The number of rotatable bonds is 10. The first-order valence-electron chi connectivity index (χ1n) is 9.23. The lowest BCUT2D eigenvalue weighted by molar-refractivity contribution is -0.153. The summed E-state index contributed by atoms with van der Waals surface area (Å²) in [5.41, 5.74) is 0. The Morgan fingerprint density at radius 2 is 2.00 bits per heavy atom. The lowest BCUT2D eigenvalue weighted by Crippen LogP contribution is -2.32. The normalized spacial score (nSPS) is 18.9. The van der Waals surface area contributed by atoms with Gasteiger partial charge in [-0.05, 0) is 31.4 Å². The van der Waals surface area contributed by atoms with E-state index in [1.807, 2.05) is 0 Å². The monoisotopic (exact) mass is 403 g/mol. The Morgan fingerprint density at radius 3 is 2.64 bits per heavy atom. The standard InChI is InChI=1S/C19H24F3NO5/c20-19(21,22)16-10-9-15(28-16)14(24)8-6-13-7-11-17(25)23(13)12-4-2-1-3-5-18(26)27/h6,8-10,13-14,24H,1-5,7,11-12H2,(H,26,27)/t13?,14-/m1/s1. The Kier molecular flexibility index (Phi) is 7.68. The van der Waals surface area contributed by atoms with E-state index < -0.39 is 24.0 Å². The number of aliphatic carboxylic acids is 1. The molecule has 2 rings (SSSR count). The molecule has 2 atom stereocenters. The van der Waals surface area contributed by atoms with Crippen LogP contribution in [0.1, 0.15) is 62.6 Å². The van der Waals surface area contributed by atoms with Gasteiger partial charge in [-0.25, -0.2) is 0 Å². The number of halogens is 3. The molecule has 2 N–H and O–H groups in total.